The number of benzene rings is 3. The van der Waals surface area contributed by atoms with Gasteiger partial charge in [-0.3, -0.25) is 19.5 Å². The number of nitrogens with one attached hydrogen (secondary N) is 1. The molecule has 0 saturated carbocycles. The Balaban J connectivity index is 1.41. The van der Waals surface area contributed by atoms with Gasteiger partial charge in [0.05, 0.1) is 11.8 Å². The van der Waals surface area contributed by atoms with E-state index in [-0.39, 0.29) is 24.5 Å². The van der Waals surface area contributed by atoms with E-state index < -0.39 is 0 Å². The van der Waals surface area contributed by atoms with Gasteiger partial charge in [-0.05, 0) is 49.6 Å². The third-order valence-electron chi connectivity index (χ3n) is 6.40. The molecule has 4 aromatic rings. The van der Waals surface area contributed by atoms with Gasteiger partial charge in [0.15, 0.2) is 0 Å². The standard InChI is InChI=1S/C30H30N4O3/c1-22-10-8-15-25(18-22)34-20-27(23-11-4-2-5-12-23)31-30(34)32-28(35)21-33(19-26-16-9-17-37-26)29(36)24-13-6-3-7-14-24/h2-8,10-15,18,20,26H,9,16-17,19,21H2,1H3,(H,31,32,35). The highest BCUT2D eigenvalue weighted by Crippen LogP contribution is 2.25. The number of aromatic nitrogens is 2. The molecule has 7 nitrogen and oxygen atoms in total. The van der Waals surface area contributed by atoms with Crippen LogP contribution in [0.25, 0.3) is 16.9 Å². The highest BCUT2D eigenvalue weighted by molar-refractivity contribution is 5.99. The second kappa shape index (κ2) is 11.2. The molecular formula is C30H30N4O3. The predicted octanol–water partition coefficient (Wildman–Crippen LogP) is 5.11. The highest BCUT2D eigenvalue weighted by atomic mass is 16.5. The Labute approximate surface area is 216 Å². The summed E-state index contributed by atoms with van der Waals surface area (Å²) in [5, 5.41) is 2.96. The zero-order valence-electron chi connectivity index (χ0n) is 20.8. The zero-order valence-corrected chi connectivity index (χ0v) is 20.8. The number of hydrogen-bond acceptors (Lipinski definition) is 4. The molecule has 1 fully saturated rings. The molecule has 2 heterocycles. The Morgan fingerprint density at radius 2 is 1.78 bits per heavy atom. The first-order valence-electron chi connectivity index (χ1n) is 12.5. The number of ether oxygens (including phenoxy) is 1. The molecule has 1 aliphatic heterocycles. The Bertz CT molecular complexity index is 1360. The molecule has 1 unspecified atom stereocenters. The van der Waals surface area contributed by atoms with E-state index >= 15 is 0 Å². The molecule has 3 aromatic carbocycles. The van der Waals surface area contributed by atoms with Crippen molar-refractivity contribution in [2.75, 3.05) is 25.0 Å². The van der Waals surface area contributed by atoms with E-state index in [1.807, 2.05) is 90.5 Å². The lowest BCUT2D eigenvalue weighted by Gasteiger charge is -2.25. The largest absolute Gasteiger partial charge is 0.376 e. The van der Waals surface area contributed by atoms with Crippen LogP contribution in [-0.2, 0) is 9.53 Å². The third kappa shape index (κ3) is 5.95. The van der Waals surface area contributed by atoms with Crippen molar-refractivity contribution in [3.8, 4) is 16.9 Å². The molecule has 1 saturated heterocycles. The van der Waals surface area contributed by atoms with Crippen LogP contribution in [-0.4, -0.2) is 52.1 Å². The number of aryl methyl sites for hydroxylation is 1. The van der Waals surface area contributed by atoms with Gasteiger partial charge in [-0.1, -0.05) is 60.7 Å². The van der Waals surface area contributed by atoms with E-state index in [2.05, 4.69) is 5.32 Å². The van der Waals surface area contributed by atoms with Gasteiger partial charge in [-0.15, -0.1) is 0 Å². The van der Waals surface area contributed by atoms with Crippen LogP contribution in [0.3, 0.4) is 0 Å². The van der Waals surface area contributed by atoms with Crippen molar-refractivity contribution in [1.82, 2.24) is 14.5 Å². The van der Waals surface area contributed by atoms with Gasteiger partial charge >= 0.3 is 0 Å². The molecule has 188 valence electrons. The van der Waals surface area contributed by atoms with Crippen molar-refractivity contribution < 1.29 is 14.3 Å². The van der Waals surface area contributed by atoms with Crippen LogP contribution in [0.4, 0.5) is 5.95 Å². The summed E-state index contributed by atoms with van der Waals surface area (Å²) >= 11 is 0. The zero-order chi connectivity index (χ0) is 25.6. The van der Waals surface area contributed by atoms with Gasteiger partial charge < -0.3 is 9.64 Å². The molecule has 0 aliphatic carbocycles. The summed E-state index contributed by atoms with van der Waals surface area (Å²) < 4.78 is 7.64. The van der Waals surface area contributed by atoms with Gasteiger partial charge in [0, 0.05) is 36.2 Å². The van der Waals surface area contributed by atoms with Crippen molar-refractivity contribution in [3.05, 3.63) is 102 Å². The number of rotatable bonds is 8. The topological polar surface area (TPSA) is 76.5 Å². The average molecular weight is 495 g/mol. The minimum absolute atomic E-state index is 0.0700. The Morgan fingerprint density at radius 1 is 1.03 bits per heavy atom. The number of hydrogen-bond donors (Lipinski definition) is 1. The van der Waals surface area contributed by atoms with Crippen LogP contribution in [0.1, 0.15) is 28.8 Å². The predicted molar refractivity (Wildman–Crippen MR) is 144 cm³/mol. The molecule has 5 rings (SSSR count). The Kier molecular flexibility index (Phi) is 7.42. The molecule has 1 aliphatic rings. The van der Waals surface area contributed by atoms with Crippen molar-refractivity contribution in [1.29, 1.82) is 0 Å². The van der Waals surface area contributed by atoms with Crippen LogP contribution in [0.2, 0.25) is 0 Å². The molecule has 0 radical (unpaired) electrons. The maximum absolute atomic E-state index is 13.3. The smallest absolute Gasteiger partial charge is 0.254 e. The van der Waals surface area contributed by atoms with Gasteiger partial charge in [-0.2, -0.15) is 0 Å². The second-order valence-electron chi connectivity index (χ2n) is 9.26. The fourth-order valence-electron chi connectivity index (χ4n) is 4.55. The lowest BCUT2D eigenvalue weighted by atomic mass is 10.1. The summed E-state index contributed by atoms with van der Waals surface area (Å²) in [4.78, 5) is 32.9. The maximum Gasteiger partial charge on any atom is 0.254 e. The van der Waals surface area contributed by atoms with E-state index in [1.54, 1.807) is 17.0 Å². The second-order valence-corrected chi connectivity index (χ2v) is 9.26. The summed E-state index contributed by atoms with van der Waals surface area (Å²) in [5.41, 5.74) is 4.22. The average Bonchev–Trinajstić information content (AvgIpc) is 3.59. The molecule has 37 heavy (non-hydrogen) atoms. The van der Waals surface area contributed by atoms with Gasteiger partial charge in [0.1, 0.15) is 6.54 Å². The summed E-state index contributed by atoms with van der Waals surface area (Å²) in [6, 6.07) is 26.9. The number of nitrogens with zero attached hydrogens (tertiary/aromatic N) is 3. The SMILES string of the molecule is Cc1cccc(-n2cc(-c3ccccc3)nc2NC(=O)CN(CC2CCCO2)C(=O)c2ccccc2)c1. The summed E-state index contributed by atoms with van der Waals surface area (Å²) in [6.45, 7) is 2.97. The van der Waals surface area contributed by atoms with E-state index in [9.17, 15) is 9.59 Å². The molecule has 0 spiro atoms. The number of carbonyl (C=O) groups excluding carboxylic acids is 2. The van der Waals surface area contributed by atoms with Crippen LogP contribution >= 0.6 is 0 Å². The summed E-state index contributed by atoms with van der Waals surface area (Å²) in [6.07, 6.45) is 3.68. The van der Waals surface area contributed by atoms with Crippen LogP contribution in [0.5, 0.6) is 0 Å². The van der Waals surface area contributed by atoms with Crippen LogP contribution in [0, 0.1) is 6.92 Å². The number of carbonyl (C=O) groups is 2. The fraction of sp³-hybridized carbons (Fsp3) is 0.233. The van der Waals surface area contributed by atoms with E-state index in [0.29, 0.717) is 24.7 Å². The van der Waals surface area contributed by atoms with E-state index in [0.717, 1.165) is 35.3 Å². The molecule has 0 bridgehead atoms. The van der Waals surface area contributed by atoms with Crippen LogP contribution < -0.4 is 5.32 Å². The quantitative estimate of drug-likeness (QED) is 0.369. The highest BCUT2D eigenvalue weighted by Gasteiger charge is 2.26. The normalized spacial score (nSPS) is 14.9. The lowest BCUT2D eigenvalue weighted by Crippen LogP contribution is -2.42. The number of imidazole rings is 1. The van der Waals surface area contributed by atoms with Crippen molar-refractivity contribution in [3.63, 3.8) is 0 Å². The Hall–Kier alpha value is -4.23. The van der Waals surface area contributed by atoms with E-state index in [4.69, 9.17) is 9.72 Å². The third-order valence-corrected chi connectivity index (χ3v) is 6.40. The van der Waals surface area contributed by atoms with Crippen molar-refractivity contribution in [2.45, 2.75) is 25.9 Å². The first-order valence-corrected chi connectivity index (χ1v) is 12.5. The molecule has 7 heteroatoms. The fourth-order valence-corrected chi connectivity index (χ4v) is 4.55. The molecule has 2 amide bonds. The molecule has 1 atom stereocenters. The van der Waals surface area contributed by atoms with Crippen molar-refractivity contribution in [2.24, 2.45) is 0 Å². The number of anilines is 1. The molecule has 1 aromatic heterocycles. The summed E-state index contributed by atoms with van der Waals surface area (Å²) in [5.74, 6) is -0.113. The summed E-state index contributed by atoms with van der Waals surface area (Å²) in [7, 11) is 0. The lowest BCUT2D eigenvalue weighted by molar-refractivity contribution is -0.117. The molecule has 1 N–H and O–H groups in total. The van der Waals surface area contributed by atoms with E-state index in [1.165, 1.54) is 0 Å². The minimum atomic E-state index is -0.318. The number of amides is 2. The first kappa shape index (κ1) is 24.5. The van der Waals surface area contributed by atoms with Crippen LogP contribution in [0.15, 0.2) is 91.1 Å². The van der Waals surface area contributed by atoms with Gasteiger partial charge in [-0.25, -0.2) is 4.98 Å². The van der Waals surface area contributed by atoms with Crippen molar-refractivity contribution >= 4 is 17.8 Å². The first-order chi connectivity index (χ1) is 18.1. The van der Waals surface area contributed by atoms with Gasteiger partial charge in [0.2, 0.25) is 11.9 Å². The molecular weight excluding hydrogens is 464 g/mol. The maximum atomic E-state index is 13.3. The van der Waals surface area contributed by atoms with Gasteiger partial charge in [0.25, 0.3) is 5.91 Å². The Morgan fingerprint density at radius 3 is 2.49 bits per heavy atom. The minimum Gasteiger partial charge on any atom is -0.376 e. The monoisotopic (exact) mass is 494 g/mol.